The Balaban J connectivity index is 2.51. The van der Waals surface area contributed by atoms with E-state index in [2.05, 4.69) is 0 Å². The summed E-state index contributed by atoms with van der Waals surface area (Å²) in [5.41, 5.74) is 1.76. The van der Waals surface area contributed by atoms with Crippen molar-refractivity contribution in [1.29, 1.82) is 0 Å². The predicted octanol–water partition coefficient (Wildman–Crippen LogP) is 1.61. The molecule has 1 amide bonds. The maximum Gasteiger partial charge on any atom is 0.309 e. The van der Waals surface area contributed by atoms with Gasteiger partial charge in [0.15, 0.2) is 0 Å². The topological polar surface area (TPSA) is 66.8 Å². The van der Waals surface area contributed by atoms with Crippen LogP contribution in [-0.4, -0.2) is 36.0 Å². The maximum absolute atomic E-state index is 11.8. The molecule has 0 aliphatic carbocycles. The zero-order chi connectivity index (χ0) is 14.2. The van der Waals surface area contributed by atoms with Crippen LogP contribution in [0.2, 0.25) is 0 Å². The van der Waals surface area contributed by atoms with Crippen LogP contribution in [-0.2, 0) is 9.59 Å². The highest BCUT2D eigenvalue weighted by molar-refractivity contribution is 5.87. The van der Waals surface area contributed by atoms with E-state index in [0.29, 0.717) is 5.75 Å². The number of nitrogens with zero attached hydrogens (tertiary/aromatic N) is 1. The van der Waals surface area contributed by atoms with E-state index in [1.165, 1.54) is 4.90 Å². The Labute approximate surface area is 111 Å². The summed E-state index contributed by atoms with van der Waals surface area (Å²) in [7, 11) is 3.18. The molecule has 19 heavy (non-hydrogen) atoms. The van der Waals surface area contributed by atoms with Gasteiger partial charge >= 0.3 is 5.97 Å². The Morgan fingerprint density at radius 1 is 1.47 bits per heavy atom. The zero-order valence-corrected chi connectivity index (χ0v) is 11.2. The third-order valence-electron chi connectivity index (χ3n) is 3.61. The van der Waals surface area contributed by atoms with E-state index in [9.17, 15) is 14.7 Å². The monoisotopic (exact) mass is 263 g/mol. The fourth-order valence-corrected chi connectivity index (χ4v) is 2.60. The number of methoxy groups -OCH3 is 1. The molecule has 1 aliphatic heterocycles. The normalized spacial score (nSPS) is 22.7. The molecule has 5 nitrogen and oxygen atoms in total. The van der Waals surface area contributed by atoms with Gasteiger partial charge in [-0.15, -0.1) is 0 Å². The van der Waals surface area contributed by atoms with E-state index >= 15 is 0 Å². The van der Waals surface area contributed by atoms with Crippen molar-refractivity contribution in [2.45, 2.75) is 19.4 Å². The lowest BCUT2D eigenvalue weighted by Gasteiger charge is -2.25. The molecule has 0 radical (unpaired) electrons. The Kier molecular flexibility index (Phi) is 3.46. The second-order valence-corrected chi connectivity index (χ2v) is 4.84. The molecule has 1 saturated heterocycles. The number of ether oxygens (including phenoxy) is 1. The van der Waals surface area contributed by atoms with Gasteiger partial charge in [-0.05, 0) is 13.0 Å². The lowest BCUT2D eigenvalue weighted by Crippen LogP contribution is -2.27. The third kappa shape index (κ3) is 2.28. The van der Waals surface area contributed by atoms with Gasteiger partial charge in [-0.2, -0.15) is 0 Å². The van der Waals surface area contributed by atoms with Gasteiger partial charge in [0, 0.05) is 19.0 Å². The number of aliphatic carboxylic acids is 1. The highest BCUT2D eigenvalue weighted by atomic mass is 16.5. The standard InChI is InChI=1S/C14H17NO4/c1-8-4-5-11(19-3)9(6-8)13-10(14(17)18)7-12(16)15(13)2/h4-6,10,13H,7H2,1-3H3,(H,17,18). The van der Waals surface area contributed by atoms with E-state index in [1.54, 1.807) is 20.2 Å². The lowest BCUT2D eigenvalue weighted by atomic mass is 9.92. The number of carbonyl (C=O) groups is 2. The Morgan fingerprint density at radius 3 is 2.74 bits per heavy atom. The van der Waals surface area contributed by atoms with Gasteiger partial charge < -0.3 is 14.7 Å². The van der Waals surface area contributed by atoms with Crippen LogP contribution in [0.25, 0.3) is 0 Å². The molecule has 2 unspecified atom stereocenters. The number of hydrogen-bond acceptors (Lipinski definition) is 3. The van der Waals surface area contributed by atoms with E-state index in [0.717, 1.165) is 11.1 Å². The first kappa shape index (κ1) is 13.4. The molecule has 102 valence electrons. The van der Waals surface area contributed by atoms with Gasteiger partial charge in [-0.1, -0.05) is 17.7 Å². The van der Waals surface area contributed by atoms with Gasteiger partial charge in [-0.25, -0.2) is 0 Å². The molecule has 1 aromatic rings. The molecule has 0 saturated carbocycles. The Bertz CT molecular complexity index is 526. The quantitative estimate of drug-likeness (QED) is 0.899. The fraction of sp³-hybridized carbons (Fsp3) is 0.429. The van der Waals surface area contributed by atoms with Crippen molar-refractivity contribution in [3.05, 3.63) is 29.3 Å². The van der Waals surface area contributed by atoms with Crippen LogP contribution in [0.5, 0.6) is 5.75 Å². The molecule has 2 rings (SSSR count). The van der Waals surface area contributed by atoms with Gasteiger partial charge in [0.2, 0.25) is 5.91 Å². The molecule has 1 fully saturated rings. The van der Waals surface area contributed by atoms with Crippen molar-refractivity contribution in [2.75, 3.05) is 14.2 Å². The molecule has 1 heterocycles. The number of carboxylic acid groups (broad SMARTS) is 1. The minimum Gasteiger partial charge on any atom is -0.496 e. The van der Waals surface area contributed by atoms with Crippen molar-refractivity contribution >= 4 is 11.9 Å². The largest absolute Gasteiger partial charge is 0.496 e. The minimum atomic E-state index is -0.953. The smallest absolute Gasteiger partial charge is 0.309 e. The van der Waals surface area contributed by atoms with Crippen LogP contribution < -0.4 is 4.74 Å². The van der Waals surface area contributed by atoms with Crippen LogP contribution in [0.15, 0.2) is 18.2 Å². The average Bonchev–Trinajstić information content (AvgIpc) is 2.66. The van der Waals surface area contributed by atoms with Crippen LogP contribution in [0.3, 0.4) is 0 Å². The molecule has 1 aliphatic rings. The number of benzene rings is 1. The summed E-state index contributed by atoms with van der Waals surface area (Å²) >= 11 is 0. The van der Waals surface area contributed by atoms with Crippen LogP contribution in [0.4, 0.5) is 0 Å². The molecule has 2 atom stereocenters. The summed E-state index contributed by atoms with van der Waals surface area (Å²) in [6.45, 7) is 1.93. The van der Waals surface area contributed by atoms with Gasteiger partial charge in [0.1, 0.15) is 5.75 Å². The maximum atomic E-state index is 11.8. The first-order valence-electron chi connectivity index (χ1n) is 6.08. The van der Waals surface area contributed by atoms with Gasteiger partial charge in [0.25, 0.3) is 0 Å². The first-order valence-corrected chi connectivity index (χ1v) is 6.08. The third-order valence-corrected chi connectivity index (χ3v) is 3.61. The number of hydrogen-bond donors (Lipinski definition) is 1. The summed E-state index contributed by atoms with van der Waals surface area (Å²) in [5, 5.41) is 9.29. The Hall–Kier alpha value is -2.04. The number of carbonyl (C=O) groups excluding carboxylic acids is 1. The van der Waals surface area contributed by atoms with E-state index < -0.39 is 17.9 Å². The van der Waals surface area contributed by atoms with Crippen molar-refractivity contribution in [3.63, 3.8) is 0 Å². The van der Waals surface area contributed by atoms with Crippen LogP contribution >= 0.6 is 0 Å². The predicted molar refractivity (Wildman–Crippen MR) is 69.0 cm³/mol. The van der Waals surface area contributed by atoms with Gasteiger partial charge in [-0.3, -0.25) is 9.59 Å². The van der Waals surface area contributed by atoms with E-state index in [1.807, 2.05) is 19.1 Å². The molecule has 1 N–H and O–H groups in total. The number of amides is 1. The Morgan fingerprint density at radius 2 is 2.16 bits per heavy atom. The van der Waals surface area contributed by atoms with Crippen molar-refractivity contribution in [1.82, 2.24) is 4.90 Å². The van der Waals surface area contributed by atoms with Crippen molar-refractivity contribution in [3.8, 4) is 5.75 Å². The van der Waals surface area contributed by atoms with Crippen LogP contribution in [0, 0.1) is 12.8 Å². The zero-order valence-electron chi connectivity index (χ0n) is 11.2. The second-order valence-electron chi connectivity index (χ2n) is 4.84. The summed E-state index contributed by atoms with van der Waals surface area (Å²) in [5.74, 6) is -1.22. The fourth-order valence-electron chi connectivity index (χ4n) is 2.60. The number of carboxylic acids is 1. The van der Waals surface area contributed by atoms with Gasteiger partial charge in [0.05, 0.1) is 19.1 Å². The highest BCUT2D eigenvalue weighted by Gasteiger charge is 2.43. The summed E-state index contributed by atoms with van der Waals surface area (Å²) in [6.07, 6.45) is 0.0353. The molecule has 0 aromatic heterocycles. The summed E-state index contributed by atoms with van der Waals surface area (Å²) < 4.78 is 5.29. The number of aryl methyl sites for hydroxylation is 1. The first-order chi connectivity index (χ1) is 8.95. The van der Waals surface area contributed by atoms with Crippen molar-refractivity contribution < 1.29 is 19.4 Å². The average molecular weight is 263 g/mol. The highest BCUT2D eigenvalue weighted by Crippen LogP contribution is 2.41. The summed E-state index contributed by atoms with van der Waals surface area (Å²) in [4.78, 5) is 24.6. The number of likely N-dealkylation sites (tertiary alicyclic amines) is 1. The van der Waals surface area contributed by atoms with Crippen molar-refractivity contribution in [2.24, 2.45) is 5.92 Å². The number of rotatable bonds is 3. The van der Waals surface area contributed by atoms with E-state index in [4.69, 9.17) is 4.74 Å². The molecule has 5 heteroatoms. The minimum absolute atomic E-state index is 0.0353. The molecular formula is C14H17NO4. The van der Waals surface area contributed by atoms with E-state index in [-0.39, 0.29) is 12.3 Å². The molecular weight excluding hydrogens is 246 g/mol. The summed E-state index contributed by atoms with van der Waals surface area (Å²) in [6, 6.07) is 5.11. The molecule has 0 spiro atoms. The molecule has 0 bridgehead atoms. The molecule has 1 aromatic carbocycles. The SMILES string of the molecule is COc1ccc(C)cc1C1C(C(=O)O)CC(=O)N1C. The second kappa shape index (κ2) is 4.91. The van der Waals surface area contributed by atoms with Crippen LogP contribution in [0.1, 0.15) is 23.6 Å². The lowest BCUT2D eigenvalue weighted by molar-refractivity contribution is -0.142.